The third-order valence-corrected chi connectivity index (χ3v) is 5.30. The van der Waals surface area contributed by atoms with Gasteiger partial charge in [0, 0.05) is 28.6 Å². The molecule has 0 unspecified atom stereocenters. The van der Waals surface area contributed by atoms with E-state index in [-0.39, 0.29) is 11.2 Å². The summed E-state index contributed by atoms with van der Waals surface area (Å²) in [6, 6.07) is 8.51. The fraction of sp³-hybridized carbons (Fsp3) is 0.304. The van der Waals surface area contributed by atoms with E-state index in [1.54, 1.807) is 13.0 Å². The Morgan fingerprint density at radius 3 is 2.71 bits per heavy atom. The van der Waals surface area contributed by atoms with Gasteiger partial charge in [0.25, 0.3) is 0 Å². The Labute approximate surface area is 179 Å². The normalized spacial score (nSPS) is 16.2. The number of ether oxygens (including phenoxy) is 1. The smallest absolute Gasteiger partial charge is 0.380 e. The molecule has 0 spiro atoms. The van der Waals surface area contributed by atoms with Crippen LogP contribution in [0.2, 0.25) is 0 Å². The number of hydrogen-bond donors (Lipinski definition) is 2. The number of furan rings is 1. The standard InChI is InChI=1S/C23H24N4O4/c1-12-8-9-14-6-5-7-16(19(14)25-12)31-21(28)20-13(2)18-15(26-27-22(24)29)10-23(3,4)11-17(18)30-20/h5-9H,10-11H2,1-4H3,(H3,24,27,29)/b26-15-. The topological polar surface area (TPSA) is 120 Å². The van der Waals surface area contributed by atoms with Gasteiger partial charge in [-0.1, -0.05) is 32.0 Å². The summed E-state index contributed by atoms with van der Waals surface area (Å²) in [4.78, 5) is 28.7. The minimum Gasteiger partial charge on any atom is -0.453 e. The van der Waals surface area contributed by atoms with Crippen molar-refractivity contribution in [2.45, 2.75) is 40.5 Å². The molecule has 2 heterocycles. The van der Waals surface area contributed by atoms with Gasteiger partial charge in [0.15, 0.2) is 5.75 Å². The van der Waals surface area contributed by atoms with Crippen LogP contribution < -0.4 is 15.9 Å². The number of urea groups is 1. The van der Waals surface area contributed by atoms with Crippen molar-refractivity contribution in [3.05, 3.63) is 58.7 Å². The van der Waals surface area contributed by atoms with Gasteiger partial charge >= 0.3 is 12.0 Å². The Balaban J connectivity index is 1.72. The molecule has 0 saturated carbocycles. The predicted octanol–water partition coefficient (Wildman–Crippen LogP) is 4.01. The zero-order valence-corrected chi connectivity index (χ0v) is 17.9. The minimum absolute atomic E-state index is 0.110. The van der Waals surface area contributed by atoms with Crippen LogP contribution >= 0.6 is 0 Å². The molecule has 2 amide bonds. The van der Waals surface area contributed by atoms with Crippen LogP contribution in [-0.2, 0) is 6.42 Å². The maximum absolute atomic E-state index is 13.0. The summed E-state index contributed by atoms with van der Waals surface area (Å²) in [5.74, 6) is 0.504. The number of pyridine rings is 1. The van der Waals surface area contributed by atoms with Crippen LogP contribution in [0, 0.1) is 19.3 Å². The average molecular weight is 420 g/mol. The van der Waals surface area contributed by atoms with E-state index >= 15 is 0 Å². The van der Waals surface area contributed by atoms with E-state index in [9.17, 15) is 9.59 Å². The molecule has 4 rings (SSSR count). The number of nitrogens with one attached hydrogen (secondary N) is 1. The van der Waals surface area contributed by atoms with Crippen molar-refractivity contribution >= 4 is 28.6 Å². The second-order valence-corrected chi connectivity index (χ2v) is 8.58. The highest BCUT2D eigenvalue weighted by Gasteiger charge is 2.36. The van der Waals surface area contributed by atoms with Gasteiger partial charge < -0.3 is 14.9 Å². The van der Waals surface area contributed by atoms with Gasteiger partial charge in [-0.3, -0.25) is 0 Å². The molecule has 160 valence electrons. The molecule has 2 aromatic heterocycles. The van der Waals surface area contributed by atoms with E-state index < -0.39 is 12.0 Å². The van der Waals surface area contributed by atoms with Gasteiger partial charge in [-0.05, 0) is 37.8 Å². The number of aromatic nitrogens is 1. The lowest BCUT2D eigenvalue weighted by Gasteiger charge is -2.29. The molecular weight excluding hydrogens is 396 g/mol. The highest BCUT2D eigenvalue weighted by atomic mass is 16.5. The molecule has 1 aromatic carbocycles. The van der Waals surface area contributed by atoms with Crippen molar-refractivity contribution in [2.75, 3.05) is 0 Å². The van der Waals surface area contributed by atoms with E-state index in [4.69, 9.17) is 14.9 Å². The quantitative estimate of drug-likeness (QED) is 0.377. The molecule has 3 N–H and O–H groups in total. The van der Waals surface area contributed by atoms with Crippen molar-refractivity contribution in [1.29, 1.82) is 0 Å². The Kier molecular flexibility index (Phi) is 5.00. The van der Waals surface area contributed by atoms with E-state index in [0.29, 0.717) is 46.7 Å². The summed E-state index contributed by atoms with van der Waals surface area (Å²) in [6.45, 7) is 7.79. The van der Waals surface area contributed by atoms with E-state index in [0.717, 1.165) is 11.1 Å². The first-order chi connectivity index (χ1) is 14.6. The zero-order chi connectivity index (χ0) is 22.3. The lowest BCUT2D eigenvalue weighted by Crippen LogP contribution is -2.31. The summed E-state index contributed by atoms with van der Waals surface area (Å²) in [6.07, 6.45) is 1.22. The summed E-state index contributed by atoms with van der Waals surface area (Å²) >= 11 is 0. The number of esters is 1. The van der Waals surface area contributed by atoms with Crippen LogP contribution in [0.25, 0.3) is 10.9 Å². The van der Waals surface area contributed by atoms with Gasteiger partial charge in [-0.2, -0.15) is 5.10 Å². The molecule has 0 bridgehead atoms. The number of hydrogen-bond acceptors (Lipinski definition) is 6. The van der Waals surface area contributed by atoms with Crippen LogP contribution in [-0.4, -0.2) is 22.7 Å². The molecule has 0 atom stereocenters. The maximum atomic E-state index is 13.0. The van der Waals surface area contributed by atoms with Crippen molar-refractivity contribution in [3.8, 4) is 5.75 Å². The molecule has 8 heteroatoms. The van der Waals surface area contributed by atoms with Crippen LogP contribution in [0.1, 0.15) is 53.4 Å². The first kappa shape index (κ1) is 20.6. The lowest BCUT2D eigenvalue weighted by molar-refractivity contribution is 0.0699. The van der Waals surface area contributed by atoms with Crippen molar-refractivity contribution in [3.63, 3.8) is 0 Å². The van der Waals surface area contributed by atoms with Gasteiger partial charge in [-0.25, -0.2) is 20.0 Å². The fourth-order valence-electron chi connectivity index (χ4n) is 3.97. The molecule has 0 aliphatic heterocycles. The average Bonchev–Trinajstić information content (AvgIpc) is 3.01. The first-order valence-corrected chi connectivity index (χ1v) is 9.98. The fourth-order valence-corrected chi connectivity index (χ4v) is 3.97. The number of para-hydroxylation sites is 1. The van der Waals surface area contributed by atoms with Crippen molar-refractivity contribution in [2.24, 2.45) is 16.3 Å². The number of amides is 2. The molecule has 1 aliphatic carbocycles. The number of fused-ring (bicyclic) bond motifs is 2. The highest BCUT2D eigenvalue weighted by molar-refractivity contribution is 6.06. The Hall–Kier alpha value is -3.68. The van der Waals surface area contributed by atoms with Gasteiger partial charge in [0.1, 0.15) is 11.3 Å². The zero-order valence-electron chi connectivity index (χ0n) is 17.9. The Bertz CT molecular complexity index is 1240. The maximum Gasteiger partial charge on any atom is 0.380 e. The number of nitrogens with two attached hydrogens (primary N) is 1. The number of rotatable bonds is 3. The summed E-state index contributed by atoms with van der Waals surface area (Å²) in [7, 11) is 0. The number of primary amides is 1. The monoisotopic (exact) mass is 420 g/mol. The van der Waals surface area contributed by atoms with Crippen LogP contribution in [0.4, 0.5) is 4.79 Å². The number of carbonyl (C=O) groups is 2. The van der Waals surface area contributed by atoms with E-state index in [2.05, 4.69) is 29.4 Å². The lowest BCUT2D eigenvalue weighted by atomic mass is 9.75. The number of hydrazone groups is 1. The summed E-state index contributed by atoms with van der Waals surface area (Å²) < 4.78 is 11.6. The molecule has 0 fully saturated rings. The summed E-state index contributed by atoms with van der Waals surface area (Å²) in [5.41, 5.74) is 10.7. The van der Waals surface area contributed by atoms with Gasteiger partial charge in [0.05, 0.1) is 5.71 Å². The molecular formula is C23H24N4O4. The minimum atomic E-state index is -0.753. The first-order valence-electron chi connectivity index (χ1n) is 9.98. The third kappa shape index (κ3) is 4.01. The van der Waals surface area contributed by atoms with E-state index in [1.807, 2.05) is 31.2 Å². The number of carbonyl (C=O) groups excluding carboxylic acids is 2. The van der Waals surface area contributed by atoms with Crippen LogP contribution in [0.15, 0.2) is 39.9 Å². The Morgan fingerprint density at radius 2 is 1.97 bits per heavy atom. The molecule has 0 saturated heterocycles. The highest BCUT2D eigenvalue weighted by Crippen LogP contribution is 2.39. The predicted molar refractivity (Wildman–Crippen MR) is 116 cm³/mol. The third-order valence-electron chi connectivity index (χ3n) is 5.30. The van der Waals surface area contributed by atoms with Crippen molar-refractivity contribution in [1.82, 2.24) is 10.4 Å². The summed E-state index contributed by atoms with van der Waals surface area (Å²) in [5, 5.41) is 5.03. The molecule has 3 aromatic rings. The number of benzene rings is 1. The molecule has 0 radical (unpaired) electrons. The second kappa shape index (κ2) is 7.54. The number of aryl methyl sites for hydroxylation is 1. The molecule has 1 aliphatic rings. The number of nitrogens with zero attached hydrogens (tertiary/aromatic N) is 2. The van der Waals surface area contributed by atoms with Gasteiger partial charge in [-0.15, -0.1) is 0 Å². The largest absolute Gasteiger partial charge is 0.453 e. The van der Waals surface area contributed by atoms with Gasteiger partial charge in [0.2, 0.25) is 5.76 Å². The molecule has 8 nitrogen and oxygen atoms in total. The van der Waals surface area contributed by atoms with Crippen LogP contribution in [0.3, 0.4) is 0 Å². The Morgan fingerprint density at radius 1 is 1.19 bits per heavy atom. The second-order valence-electron chi connectivity index (χ2n) is 8.58. The van der Waals surface area contributed by atoms with Crippen LogP contribution in [0.5, 0.6) is 5.75 Å². The molecule has 31 heavy (non-hydrogen) atoms. The van der Waals surface area contributed by atoms with E-state index in [1.165, 1.54) is 0 Å². The van der Waals surface area contributed by atoms with Crippen molar-refractivity contribution < 1.29 is 18.7 Å². The SMILES string of the molecule is Cc1ccc2cccc(OC(=O)c3oc4c(c3C)/C(=N\NC(N)=O)CC(C)(C)C4)c2n1.